The zero-order chi connectivity index (χ0) is 12.5. The molecule has 17 heavy (non-hydrogen) atoms. The van der Waals surface area contributed by atoms with Gasteiger partial charge in [-0.2, -0.15) is 0 Å². The average molecular weight is 237 g/mol. The minimum Gasteiger partial charge on any atom is -0.474 e. The Balaban J connectivity index is 2.38. The van der Waals surface area contributed by atoms with Crippen LogP contribution in [0.4, 0.5) is 0 Å². The molecule has 4 heteroatoms. The monoisotopic (exact) mass is 237 g/mol. The van der Waals surface area contributed by atoms with Gasteiger partial charge in [-0.15, -0.1) is 0 Å². The quantitative estimate of drug-likeness (QED) is 0.431. The second-order valence-electron chi connectivity index (χ2n) is 4.27. The summed E-state index contributed by atoms with van der Waals surface area (Å²) in [5, 5.41) is 3.04. The second kappa shape index (κ2) is 8.03. The van der Waals surface area contributed by atoms with Gasteiger partial charge in [0.2, 0.25) is 5.88 Å². The van der Waals surface area contributed by atoms with Gasteiger partial charge in [-0.25, -0.2) is 4.99 Å². The Morgan fingerprint density at radius 2 is 2.24 bits per heavy atom. The van der Waals surface area contributed by atoms with Crippen LogP contribution in [0.25, 0.3) is 0 Å². The maximum absolute atomic E-state index is 5.80. The molecule has 0 unspecified atom stereocenters. The van der Waals surface area contributed by atoms with E-state index >= 15 is 0 Å². The molecule has 0 bridgehead atoms. The first-order valence-corrected chi connectivity index (χ1v) is 6.09. The third-order valence-electron chi connectivity index (χ3n) is 2.81. The molecule has 0 saturated carbocycles. The molecule has 1 heterocycles. The number of likely N-dealkylation sites (tertiary alicyclic amines) is 1. The number of aliphatic imine (C=N–C) groups is 1. The van der Waals surface area contributed by atoms with E-state index in [4.69, 9.17) is 4.74 Å². The summed E-state index contributed by atoms with van der Waals surface area (Å²) < 4.78 is 5.80. The van der Waals surface area contributed by atoms with Crippen molar-refractivity contribution in [1.29, 1.82) is 0 Å². The molecule has 0 spiro atoms. The number of hydrogen-bond acceptors (Lipinski definition) is 4. The molecular weight excluding hydrogens is 214 g/mol. The molecule has 0 aromatic heterocycles. The molecule has 0 radical (unpaired) electrons. The third kappa shape index (κ3) is 5.65. The van der Waals surface area contributed by atoms with E-state index < -0.39 is 0 Å². The first kappa shape index (κ1) is 13.9. The Hall–Kier alpha value is -1.13. The fourth-order valence-corrected chi connectivity index (χ4v) is 1.74. The predicted octanol–water partition coefficient (Wildman–Crippen LogP) is 1.41. The highest BCUT2D eigenvalue weighted by Gasteiger charge is 2.18. The lowest BCUT2D eigenvalue weighted by Gasteiger charge is -2.29. The Labute approximate surface area is 104 Å². The summed E-state index contributed by atoms with van der Waals surface area (Å²) in [6.45, 7) is 6.56. The summed E-state index contributed by atoms with van der Waals surface area (Å²) in [5.74, 6) is 0.618. The lowest BCUT2D eigenvalue weighted by molar-refractivity contribution is 0.0575. The van der Waals surface area contributed by atoms with E-state index in [1.165, 1.54) is 0 Å². The van der Waals surface area contributed by atoms with Gasteiger partial charge in [0.25, 0.3) is 0 Å². The fraction of sp³-hybridized carbons (Fsp3) is 0.615. The Kier molecular flexibility index (Phi) is 6.58. The minimum absolute atomic E-state index is 0.278. The van der Waals surface area contributed by atoms with Gasteiger partial charge < -0.3 is 15.0 Å². The van der Waals surface area contributed by atoms with Gasteiger partial charge >= 0.3 is 0 Å². The van der Waals surface area contributed by atoms with E-state index in [0.29, 0.717) is 5.88 Å². The molecule has 0 aromatic rings. The topological polar surface area (TPSA) is 36.9 Å². The van der Waals surface area contributed by atoms with E-state index in [0.717, 1.165) is 32.5 Å². The summed E-state index contributed by atoms with van der Waals surface area (Å²) in [5.41, 5.74) is 0. The molecule has 1 aliphatic rings. The molecule has 0 aliphatic carbocycles. The van der Waals surface area contributed by atoms with E-state index in [2.05, 4.69) is 29.0 Å². The van der Waals surface area contributed by atoms with Gasteiger partial charge in [-0.05, 0) is 39.7 Å². The van der Waals surface area contributed by atoms with Crippen molar-refractivity contribution >= 4 is 6.72 Å². The van der Waals surface area contributed by atoms with Crippen molar-refractivity contribution in [2.75, 3.05) is 33.7 Å². The van der Waals surface area contributed by atoms with Crippen LogP contribution in [0.1, 0.15) is 12.8 Å². The molecule has 1 saturated heterocycles. The van der Waals surface area contributed by atoms with Gasteiger partial charge in [0.05, 0.1) is 0 Å². The zero-order valence-electron chi connectivity index (χ0n) is 10.9. The number of allylic oxidation sites excluding steroid dienone is 2. The minimum atomic E-state index is 0.278. The zero-order valence-corrected chi connectivity index (χ0v) is 10.9. The highest BCUT2D eigenvalue weighted by Crippen LogP contribution is 2.16. The number of likely N-dealkylation sites (N-methyl/N-ethyl adjacent to an activating group) is 1. The SMILES string of the molecule is C=N/C(=C\C=C/CNC)OC1CCN(C)CC1. The number of piperidine rings is 1. The van der Waals surface area contributed by atoms with Crippen molar-refractivity contribution in [3.8, 4) is 0 Å². The molecular formula is C13H23N3O. The standard InChI is InChI=1S/C13H23N3O/c1-14-9-5-4-6-13(15-2)17-12-7-10-16(3)11-8-12/h4-6,12,14H,2,7-11H2,1,3H3/b5-4-,13-6+. The molecule has 1 fully saturated rings. The van der Waals surface area contributed by atoms with Crippen molar-refractivity contribution in [2.24, 2.45) is 4.99 Å². The van der Waals surface area contributed by atoms with Crippen LogP contribution in [-0.2, 0) is 4.74 Å². The van der Waals surface area contributed by atoms with Crippen LogP contribution >= 0.6 is 0 Å². The molecule has 1 N–H and O–H groups in total. The summed E-state index contributed by atoms with van der Waals surface area (Å²) in [4.78, 5) is 6.22. The number of hydrogen-bond donors (Lipinski definition) is 1. The number of rotatable bonds is 6. The Bertz CT molecular complexity index is 278. The van der Waals surface area contributed by atoms with Gasteiger partial charge in [0.1, 0.15) is 6.10 Å². The highest BCUT2D eigenvalue weighted by molar-refractivity contribution is 5.28. The average Bonchev–Trinajstić information content (AvgIpc) is 2.35. The lowest BCUT2D eigenvalue weighted by Crippen LogP contribution is -2.34. The smallest absolute Gasteiger partial charge is 0.212 e. The van der Waals surface area contributed by atoms with E-state index in [9.17, 15) is 0 Å². The second-order valence-corrected chi connectivity index (χ2v) is 4.27. The lowest BCUT2D eigenvalue weighted by atomic mass is 10.1. The van der Waals surface area contributed by atoms with E-state index in [1.807, 2.05) is 25.3 Å². The first-order valence-electron chi connectivity index (χ1n) is 6.09. The molecule has 1 rings (SSSR count). The maximum atomic E-state index is 5.80. The van der Waals surface area contributed by atoms with Gasteiger partial charge in [-0.1, -0.05) is 12.2 Å². The summed E-state index contributed by atoms with van der Waals surface area (Å²) in [7, 11) is 4.05. The number of ether oxygens (including phenoxy) is 1. The van der Waals surface area contributed by atoms with E-state index in [-0.39, 0.29) is 6.10 Å². The van der Waals surface area contributed by atoms with Crippen LogP contribution in [0, 0.1) is 0 Å². The Morgan fingerprint density at radius 1 is 1.53 bits per heavy atom. The van der Waals surface area contributed by atoms with Crippen LogP contribution in [-0.4, -0.2) is 51.5 Å². The largest absolute Gasteiger partial charge is 0.474 e. The van der Waals surface area contributed by atoms with Crippen molar-refractivity contribution < 1.29 is 4.74 Å². The number of nitrogens with one attached hydrogen (secondary N) is 1. The highest BCUT2D eigenvalue weighted by atomic mass is 16.5. The predicted molar refractivity (Wildman–Crippen MR) is 72.3 cm³/mol. The van der Waals surface area contributed by atoms with Crippen molar-refractivity contribution in [2.45, 2.75) is 18.9 Å². The van der Waals surface area contributed by atoms with Gasteiger partial charge in [0, 0.05) is 19.6 Å². The molecule has 1 aliphatic heterocycles. The summed E-state index contributed by atoms with van der Waals surface area (Å²) in [6, 6.07) is 0. The molecule has 0 atom stereocenters. The van der Waals surface area contributed by atoms with Crippen LogP contribution in [0.3, 0.4) is 0 Å². The van der Waals surface area contributed by atoms with Crippen molar-refractivity contribution in [3.63, 3.8) is 0 Å². The van der Waals surface area contributed by atoms with Gasteiger partial charge in [-0.3, -0.25) is 0 Å². The van der Waals surface area contributed by atoms with Crippen molar-refractivity contribution in [3.05, 3.63) is 24.1 Å². The fourth-order valence-electron chi connectivity index (χ4n) is 1.74. The summed E-state index contributed by atoms with van der Waals surface area (Å²) in [6.07, 6.45) is 8.22. The van der Waals surface area contributed by atoms with Crippen LogP contribution in [0.5, 0.6) is 0 Å². The molecule has 0 amide bonds. The first-order chi connectivity index (χ1) is 8.26. The van der Waals surface area contributed by atoms with E-state index in [1.54, 1.807) is 0 Å². The molecule has 96 valence electrons. The Morgan fingerprint density at radius 3 is 2.82 bits per heavy atom. The maximum Gasteiger partial charge on any atom is 0.212 e. The molecule has 4 nitrogen and oxygen atoms in total. The van der Waals surface area contributed by atoms with Crippen molar-refractivity contribution in [1.82, 2.24) is 10.2 Å². The van der Waals surface area contributed by atoms with Crippen LogP contribution in [0.15, 0.2) is 29.1 Å². The third-order valence-corrected chi connectivity index (χ3v) is 2.81. The summed E-state index contributed by atoms with van der Waals surface area (Å²) >= 11 is 0. The molecule has 0 aromatic carbocycles. The number of nitrogens with zero attached hydrogens (tertiary/aromatic N) is 2. The normalized spacial score (nSPS) is 19.8. The van der Waals surface area contributed by atoms with Crippen LogP contribution in [0.2, 0.25) is 0 Å². The van der Waals surface area contributed by atoms with Gasteiger partial charge in [0.15, 0.2) is 0 Å². The van der Waals surface area contributed by atoms with Crippen LogP contribution < -0.4 is 5.32 Å².